The average Bonchev–Trinajstić information content (AvgIpc) is 2.71. The number of carbonyl (C=O) groups is 1. The van der Waals surface area contributed by atoms with Crippen LogP contribution in [0.25, 0.3) is 0 Å². The predicted molar refractivity (Wildman–Crippen MR) is 129 cm³/mol. The number of urea groups is 1. The maximum Gasteiger partial charge on any atom is 0.326 e. The standard InChI is InChI=1S/C24H33N3O3.ClH/c1-24(2,3)20-14-19(30-4)15-21(22(20)28)26-23(29)27(17-8-6-5-7-9-17)18-12-10-16(25)11-13-18;/h5-9,14-16,18,28H,10-13,25H2,1-4H3,(H,26,29);1H. The number of carbonyl (C=O) groups excluding carboxylic acids is 1. The zero-order valence-corrected chi connectivity index (χ0v) is 19.5. The lowest BCUT2D eigenvalue weighted by Crippen LogP contribution is -2.46. The third kappa shape index (κ3) is 5.83. The van der Waals surface area contributed by atoms with Crippen LogP contribution in [-0.2, 0) is 5.41 Å². The number of rotatable bonds is 4. The molecule has 31 heavy (non-hydrogen) atoms. The van der Waals surface area contributed by atoms with Crippen molar-refractivity contribution < 1.29 is 14.6 Å². The molecule has 2 aromatic rings. The lowest BCUT2D eigenvalue weighted by molar-refractivity contribution is 0.251. The van der Waals surface area contributed by atoms with Crippen molar-refractivity contribution in [1.82, 2.24) is 0 Å². The summed E-state index contributed by atoms with van der Waals surface area (Å²) in [5, 5.41) is 13.8. The van der Waals surface area contributed by atoms with Crippen LogP contribution in [0.2, 0.25) is 0 Å². The Labute approximate surface area is 191 Å². The molecular weight excluding hydrogens is 414 g/mol. The number of phenols is 1. The molecule has 0 aliphatic heterocycles. The van der Waals surface area contributed by atoms with Crippen molar-refractivity contribution in [2.45, 2.75) is 64.0 Å². The van der Waals surface area contributed by atoms with Crippen LogP contribution < -0.4 is 20.7 Å². The molecule has 4 N–H and O–H groups in total. The number of ether oxygens (including phenoxy) is 1. The number of nitrogens with one attached hydrogen (secondary N) is 1. The van der Waals surface area contributed by atoms with Crippen molar-refractivity contribution in [3.05, 3.63) is 48.0 Å². The van der Waals surface area contributed by atoms with Gasteiger partial charge >= 0.3 is 6.03 Å². The minimum Gasteiger partial charge on any atom is -0.505 e. The summed E-state index contributed by atoms with van der Waals surface area (Å²) in [6.07, 6.45) is 3.47. The molecule has 0 heterocycles. The monoisotopic (exact) mass is 447 g/mol. The van der Waals surface area contributed by atoms with Gasteiger partial charge < -0.3 is 20.9 Å². The van der Waals surface area contributed by atoms with Crippen LogP contribution in [-0.4, -0.2) is 30.3 Å². The number of phenolic OH excluding ortho intramolecular Hbond substituents is 1. The first-order valence-electron chi connectivity index (χ1n) is 10.5. The van der Waals surface area contributed by atoms with Gasteiger partial charge in [0.05, 0.1) is 12.8 Å². The van der Waals surface area contributed by atoms with Crippen molar-refractivity contribution in [1.29, 1.82) is 0 Å². The van der Waals surface area contributed by atoms with Gasteiger partial charge in [-0.15, -0.1) is 12.4 Å². The minimum absolute atomic E-state index is 0. The molecule has 2 amide bonds. The number of para-hydroxylation sites is 1. The highest BCUT2D eigenvalue weighted by atomic mass is 35.5. The highest BCUT2D eigenvalue weighted by molar-refractivity contribution is 6.03. The van der Waals surface area contributed by atoms with E-state index in [1.807, 2.05) is 57.2 Å². The van der Waals surface area contributed by atoms with E-state index in [2.05, 4.69) is 5.32 Å². The van der Waals surface area contributed by atoms with E-state index >= 15 is 0 Å². The van der Waals surface area contributed by atoms with E-state index < -0.39 is 0 Å². The number of nitrogens with two attached hydrogens (primary N) is 1. The molecule has 1 saturated carbocycles. The minimum atomic E-state index is -0.309. The van der Waals surface area contributed by atoms with E-state index in [4.69, 9.17) is 10.5 Å². The van der Waals surface area contributed by atoms with Gasteiger partial charge in [0, 0.05) is 29.4 Å². The Balaban J connectivity index is 0.00000341. The third-order valence-corrected chi connectivity index (χ3v) is 5.73. The Morgan fingerprint density at radius 1 is 1.13 bits per heavy atom. The van der Waals surface area contributed by atoms with E-state index in [0.29, 0.717) is 17.0 Å². The predicted octanol–water partition coefficient (Wildman–Crippen LogP) is 5.43. The van der Waals surface area contributed by atoms with Gasteiger partial charge in [0.15, 0.2) is 0 Å². The second-order valence-electron chi connectivity index (χ2n) is 9.03. The Kier molecular flexibility index (Phi) is 8.21. The van der Waals surface area contributed by atoms with Crippen LogP contribution in [0.5, 0.6) is 11.5 Å². The molecule has 1 aliphatic rings. The number of anilines is 2. The number of aromatic hydroxyl groups is 1. The van der Waals surface area contributed by atoms with Crippen molar-refractivity contribution in [3.8, 4) is 11.5 Å². The number of hydrogen-bond donors (Lipinski definition) is 3. The van der Waals surface area contributed by atoms with Gasteiger partial charge in [-0.3, -0.25) is 4.90 Å². The Hall–Kier alpha value is -2.44. The Morgan fingerprint density at radius 2 is 1.74 bits per heavy atom. The zero-order valence-electron chi connectivity index (χ0n) is 18.7. The molecule has 2 aromatic carbocycles. The van der Waals surface area contributed by atoms with E-state index in [0.717, 1.165) is 31.4 Å². The van der Waals surface area contributed by atoms with Crippen LogP contribution in [0.4, 0.5) is 16.2 Å². The molecule has 0 spiro atoms. The van der Waals surface area contributed by atoms with Crippen LogP contribution in [0.1, 0.15) is 52.0 Å². The lowest BCUT2D eigenvalue weighted by Gasteiger charge is -2.36. The van der Waals surface area contributed by atoms with Gasteiger partial charge in [-0.05, 0) is 49.3 Å². The van der Waals surface area contributed by atoms with Gasteiger partial charge in [-0.25, -0.2) is 4.79 Å². The number of halogens is 1. The smallest absolute Gasteiger partial charge is 0.326 e. The van der Waals surface area contributed by atoms with Crippen LogP contribution in [0.3, 0.4) is 0 Å². The highest BCUT2D eigenvalue weighted by Gasteiger charge is 2.30. The summed E-state index contributed by atoms with van der Waals surface area (Å²) in [6.45, 7) is 6.03. The largest absolute Gasteiger partial charge is 0.505 e. The molecule has 3 rings (SSSR count). The summed E-state index contributed by atoms with van der Waals surface area (Å²) in [5.74, 6) is 0.651. The summed E-state index contributed by atoms with van der Waals surface area (Å²) in [7, 11) is 1.58. The SMILES string of the molecule is COc1cc(NC(=O)N(c2ccccc2)C2CCC(N)CC2)c(O)c(C(C)(C)C)c1.Cl. The van der Waals surface area contributed by atoms with Crippen LogP contribution >= 0.6 is 12.4 Å². The number of benzene rings is 2. The highest BCUT2D eigenvalue weighted by Crippen LogP contribution is 2.40. The molecule has 0 radical (unpaired) electrons. The van der Waals surface area contributed by atoms with Gasteiger partial charge in [-0.2, -0.15) is 0 Å². The van der Waals surface area contributed by atoms with Crippen molar-refractivity contribution >= 4 is 29.8 Å². The molecule has 170 valence electrons. The molecule has 0 aromatic heterocycles. The fourth-order valence-corrected chi connectivity index (χ4v) is 4.01. The number of amides is 2. The second kappa shape index (κ2) is 10.2. The molecule has 0 atom stereocenters. The topological polar surface area (TPSA) is 87.8 Å². The van der Waals surface area contributed by atoms with Crippen LogP contribution in [0, 0.1) is 0 Å². The molecule has 1 fully saturated rings. The number of nitrogens with zero attached hydrogens (tertiary/aromatic N) is 1. The molecule has 0 bridgehead atoms. The summed E-state index contributed by atoms with van der Waals surface area (Å²) in [6, 6.07) is 13.1. The summed E-state index contributed by atoms with van der Waals surface area (Å²) in [4.78, 5) is 15.2. The summed E-state index contributed by atoms with van der Waals surface area (Å²) in [5.41, 5.74) is 7.66. The van der Waals surface area contributed by atoms with Gasteiger partial charge in [0.1, 0.15) is 11.5 Å². The van der Waals surface area contributed by atoms with E-state index in [1.54, 1.807) is 18.1 Å². The normalized spacial score (nSPS) is 18.6. The second-order valence-corrected chi connectivity index (χ2v) is 9.03. The Bertz CT molecular complexity index is 876. The van der Waals surface area contributed by atoms with E-state index in [1.165, 1.54) is 0 Å². The van der Waals surface area contributed by atoms with Crippen molar-refractivity contribution in [2.24, 2.45) is 5.73 Å². The van der Waals surface area contributed by atoms with Gasteiger partial charge in [0.25, 0.3) is 0 Å². The molecular formula is C24H34ClN3O3. The summed E-state index contributed by atoms with van der Waals surface area (Å²) < 4.78 is 5.41. The maximum absolute atomic E-state index is 13.4. The number of methoxy groups -OCH3 is 1. The van der Waals surface area contributed by atoms with Crippen molar-refractivity contribution in [3.63, 3.8) is 0 Å². The molecule has 7 heteroatoms. The molecule has 0 unspecified atom stereocenters. The number of hydrogen-bond acceptors (Lipinski definition) is 4. The summed E-state index contributed by atoms with van der Waals surface area (Å²) >= 11 is 0. The Morgan fingerprint density at radius 3 is 2.29 bits per heavy atom. The first-order valence-corrected chi connectivity index (χ1v) is 10.5. The quantitative estimate of drug-likeness (QED) is 0.545. The maximum atomic E-state index is 13.4. The first-order chi connectivity index (χ1) is 14.2. The zero-order chi connectivity index (χ0) is 21.9. The van der Waals surface area contributed by atoms with Gasteiger partial charge in [-0.1, -0.05) is 39.0 Å². The van der Waals surface area contributed by atoms with Gasteiger partial charge in [0.2, 0.25) is 0 Å². The van der Waals surface area contributed by atoms with E-state index in [9.17, 15) is 9.90 Å². The van der Waals surface area contributed by atoms with E-state index in [-0.39, 0.29) is 41.7 Å². The molecule has 6 nitrogen and oxygen atoms in total. The fraction of sp³-hybridized carbons (Fsp3) is 0.458. The first kappa shape index (κ1) is 24.8. The van der Waals surface area contributed by atoms with Crippen molar-refractivity contribution in [2.75, 3.05) is 17.3 Å². The average molecular weight is 448 g/mol. The van der Waals surface area contributed by atoms with Crippen LogP contribution in [0.15, 0.2) is 42.5 Å². The third-order valence-electron chi connectivity index (χ3n) is 5.73. The fourth-order valence-electron chi connectivity index (χ4n) is 4.01. The molecule has 1 aliphatic carbocycles. The molecule has 0 saturated heterocycles. The lowest BCUT2D eigenvalue weighted by atomic mass is 9.85.